The number of nitrogens with zero attached hydrogens (tertiary/aromatic N) is 3. The predicted molar refractivity (Wildman–Crippen MR) is 110 cm³/mol. The van der Waals surface area contributed by atoms with Gasteiger partial charge >= 0.3 is 0 Å². The molecule has 0 aliphatic carbocycles. The molecule has 1 aliphatic rings. The first-order chi connectivity index (χ1) is 14.1. The first-order valence-electron chi connectivity index (χ1n) is 9.02. The van der Waals surface area contributed by atoms with E-state index in [-0.39, 0.29) is 24.4 Å². The third-order valence-electron chi connectivity index (χ3n) is 4.82. The van der Waals surface area contributed by atoms with Gasteiger partial charge in [-0.25, -0.2) is 0 Å². The molecule has 29 heavy (non-hydrogen) atoms. The molecule has 2 aromatic heterocycles. The SMILES string of the molecule is O=[N+]([O-])c1ccccc1-c1ccc([C@H]2[C@@H](c3ccccn3)NC(=S)N2CCO)o1. The Kier molecular flexibility index (Phi) is 5.24. The average molecular weight is 410 g/mol. The third-order valence-corrected chi connectivity index (χ3v) is 5.18. The number of hydrogen-bond donors (Lipinski definition) is 2. The van der Waals surface area contributed by atoms with Gasteiger partial charge in [0.2, 0.25) is 0 Å². The number of nitro groups is 1. The fraction of sp³-hybridized carbons (Fsp3) is 0.200. The molecule has 1 aromatic carbocycles. The zero-order valence-corrected chi connectivity index (χ0v) is 16.1. The minimum Gasteiger partial charge on any atom is -0.459 e. The smallest absolute Gasteiger partial charge is 0.280 e. The second-order valence-corrected chi connectivity index (χ2v) is 6.91. The minimum absolute atomic E-state index is 0.0260. The highest BCUT2D eigenvalue weighted by Gasteiger charge is 2.41. The Labute approximate surface area is 171 Å². The van der Waals surface area contributed by atoms with Gasteiger partial charge in [0.25, 0.3) is 5.69 Å². The van der Waals surface area contributed by atoms with Crippen molar-refractivity contribution in [1.82, 2.24) is 15.2 Å². The number of benzene rings is 1. The summed E-state index contributed by atoms with van der Waals surface area (Å²) >= 11 is 5.46. The van der Waals surface area contributed by atoms with Crippen LogP contribution in [0, 0.1) is 10.1 Å². The van der Waals surface area contributed by atoms with Crippen LogP contribution in [0.15, 0.2) is 65.2 Å². The van der Waals surface area contributed by atoms with Crippen LogP contribution in [0.4, 0.5) is 5.69 Å². The molecular weight excluding hydrogens is 392 g/mol. The average Bonchev–Trinajstić information content (AvgIpc) is 3.34. The lowest BCUT2D eigenvalue weighted by atomic mass is 10.0. The number of aliphatic hydroxyl groups is 1. The molecule has 3 aromatic rings. The van der Waals surface area contributed by atoms with Gasteiger partial charge in [0.1, 0.15) is 17.6 Å². The van der Waals surface area contributed by atoms with Crippen molar-refractivity contribution in [1.29, 1.82) is 0 Å². The van der Waals surface area contributed by atoms with Gasteiger partial charge in [-0.2, -0.15) is 0 Å². The summed E-state index contributed by atoms with van der Waals surface area (Å²) in [7, 11) is 0. The van der Waals surface area contributed by atoms with E-state index in [1.807, 2.05) is 23.1 Å². The Morgan fingerprint density at radius 1 is 1.21 bits per heavy atom. The van der Waals surface area contributed by atoms with Crippen LogP contribution in [-0.2, 0) is 0 Å². The van der Waals surface area contributed by atoms with Crippen LogP contribution in [0.1, 0.15) is 23.5 Å². The fourth-order valence-corrected chi connectivity index (χ4v) is 3.89. The molecule has 1 saturated heterocycles. The molecule has 0 unspecified atom stereocenters. The summed E-state index contributed by atoms with van der Waals surface area (Å²) in [5, 5.41) is 24.6. The van der Waals surface area contributed by atoms with Crippen molar-refractivity contribution in [2.75, 3.05) is 13.2 Å². The molecule has 9 heteroatoms. The normalized spacial score (nSPS) is 18.7. The maximum Gasteiger partial charge on any atom is 0.280 e. The lowest BCUT2D eigenvalue weighted by molar-refractivity contribution is -0.384. The molecule has 2 N–H and O–H groups in total. The summed E-state index contributed by atoms with van der Waals surface area (Å²) in [4.78, 5) is 17.2. The van der Waals surface area contributed by atoms with Crippen molar-refractivity contribution in [2.45, 2.75) is 12.1 Å². The van der Waals surface area contributed by atoms with Gasteiger partial charge in [-0.3, -0.25) is 15.1 Å². The standard InChI is InChI=1S/C20H18N4O4S/c25-12-11-23-19(18(22-20(23)29)14-6-3-4-10-21-14)17-9-8-16(28-17)13-5-1-2-7-15(13)24(26)27/h1-10,18-19,25H,11-12H2,(H,22,29)/t18-,19+/m1/s1. The van der Waals surface area contributed by atoms with Crippen molar-refractivity contribution in [3.05, 3.63) is 82.4 Å². The van der Waals surface area contributed by atoms with E-state index in [1.165, 1.54) is 6.07 Å². The number of para-hydroxylation sites is 1. The Hall–Kier alpha value is -3.30. The van der Waals surface area contributed by atoms with Gasteiger partial charge in [-0.1, -0.05) is 18.2 Å². The summed E-state index contributed by atoms with van der Waals surface area (Å²) in [6.45, 7) is 0.242. The van der Waals surface area contributed by atoms with Gasteiger partial charge in [0.15, 0.2) is 5.11 Å². The number of nitrogens with one attached hydrogen (secondary N) is 1. The minimum atomic E-state index is -0.432. The number of aromatic nitrogens is 1. The van der Waals surface area contributed by atoms with E-state index in [0.29, 0.717) is 28.7 Å². The largest absolute Gasteiger partial charge is 0.459 e. The van der Waals surface area contributed by atoms with Crippen molar-refractivity contribution < 1.29 is 14.4 Å². The van der Waals surface area contributed by atoms with E-state index in [2.05, 4.69) is 10.3 Å². The van der Waals surface area contributed by atoms with Gasteiger partial charge in [0, 0.05) is 18.8 Å². The Balaban J connectivity index is 1.75. The summed E-state index contributed by atoms with van der Waals surface area (Å²) in [5.74, 6) is 0.975. The number of aliphatic hydroxyl groups excluding tert-OH is 1. The van der Waals surface area contributed by atoms with Crippen LogP contribution in [0.3, 0.4) is 0 Å². The van der Waals surface area contributed by atoms with Crippen LogP contribution in [0.5, 0.6) is 0 Å². The molecule has 8 nitrogen and oxygen atoms in total. The summed E-state index contributed by atoms with van der Waals surface area (Å²) in [5.41, 5.74) is 1.16. The summed E-state index contributed by atoms with van der Waals surface area (Å²) in [6, 6.07) is 14.9. The molecule has 0 spiro atoms. The van der Waals surface area contributed by atoms with Crippen molar-refractivity contribution >= 4 is 23.0 Å². The molecule has 3 heterocycles. The molecule has 0 bridgehead atoms. The van der Waals surface area contributed by atoms with Crippen molar-refractivity contribution in [3.63, 3.8) is 0 Å². The van der Waals surface area contributed by atoms with E-state index in [1.54, 1.807) is 36.5 Å². The van der Waals surface area contributed by atoms with E-state index >= 15 is 0 Å². The molecule has 148 valence electrons. The zero-order valence-electron chi connectivity index (χ0n) is 15.3. The van der Waals surface area contributed by atoms with E-state index in [9.17, 15) is 15.2 Å². The van der Waals surface area contributed by atoms with Gasteiger partial charge in [-0.15, -0.1) is 0 Å². The lowest BCUT2D eigenvalue weighted by Crippen LogP contribution is -2.32. The topological polar surface area (TPSA) is 105 Å². The quantitative estimate of drug-likeness (QED) is 0.363. The number of rotatable bonds is 6. The maximum absolute atomic E-state index is 11.4. The molecule has 0 saturated carbocycles. The van der Waals surface area contributed by atoms with E-state index in [0.717, 1.165) is 5.69 Å². The Morgan fingerprint density at radius 2 is 2.00 bits per heavy atom. The van der Waals surface area contributed by atoms with Crippen LogP contribution < -0.4 is 5.32 Å². The van der Waals surface area contributed by atoms with E-state index < -0.39 is 4.92 Å². The molecular formula is C20H18N4O4S. The number of thiocarbonyl (C=S) groups is 1. The lowest BCUT2D eigenvalue weighted by Gasteiger charge is -2.25. The van der Waals surface area contributed by atoms with Gasteiger partial charge in [-0.05, 0) is 42.5 Å². The van der Waals surface area contributed by atoms with E-state index in [4.69, 9.17) is 16.6 Å². The first-order valence-corrected chi connectivity index (χ1v) is 9.43. The van der Waals surface area contributed by atoms with Gasteiger partial charge in [0.05, 0.1) is 28.8 Å². The number of nitro benzene ring substituents is 1. The van der Waals surface area contributed by atoms with Crippen LogP contribution in [-0.4, -0.2) is 38.2 Å². The third kappa shape index (κ3) is 3.57. The number of furan rings is 1. The molecule has 0 radical (unpaired) electrons. The molecule has 4 rings (SSSR count). The van der Waals surface area contributed by atoms with Crippen molar-refractivity contribution in [2.24, 2.45) is 0 Å². The highest BCUT2D eigenvalue weighted by Crippen LogP contribution is 2.41. The fourth-order valence-electron chi connectivity index (χ4n) is 3.56. The second kappa shape index (κ2) is 7.98. The highest BCUT2D eigenvalue weighted by atomic mass is 32.1. The second-order valence-electron chi connectivity index (χ2n) is 6.52. The highest BCUT2D eigenvalue weighted by molar-refractivity contribution is 7.80. The van der Waals surface area contributed by atoms with Crippen LogP contribution in [0.2, 0.25) is 0 Å². The first kappa shape index (κ1) is 19.0. The summed E-state index contributed by atoms with van der Waals surface area (Å²) < 4.78 is 6.07. The van der Waals surface area contributed by atoms with Crippen LogP contribution >= 0.6 is 12.2 Å². The van der Waals surface area contributed by atoms with Crippen LogP contribution in [0.25, 0.3) is 11.3 Å². The molecule has 1 aliphatic heterocycles. The maximum atomic E-state index is 11.4. The molecule has 0 amide bonds. The van der Waals surface area contributed by atoms with Crippen molar-refractivity contribution in [3.8, 4) is 11.3 Å². The van der Waals surface area contributed by atoms with Gasteiger partial charge < -0.3 is 19.7 Å². The Bertz CT molecular complexity index is 1040. The number of β-amino-alcohol motifs (C(OH)–C–C–N with tert-alkyl or cyclic N) is 1. The summed E-state index contributed by atoms with van der Waals surface area (Å²) in [6.07, 6.45) is 1.70. The zero-order chi connectivity index (χ0) is 20.4. The molecule has 1 fully saturated rings. The Morgan fingerprint density at radius 3 is 2.72 bits per heavy atom. The number of hydrogen-bond acceptors (Lipinski definition) is 6. The molecule has 2 atom stereocenters. The predicted octanol–water partition coefficient (Wildman–Crippen LogP) is 3.21. The monoisotopic (exact) mass is 410 g/mol. The number of pyridine rings is 1.